The Kier molecular flexibility index (Phi) is 3.44. The number of carbonyl (C=O) groups is 1. The predicted molar refractivity (Wildman–Crippen MR) is 51.5 cm³/mol. The van der Waals surface area contributed by atoms with Crippen molar-refractivity contribution in [3.8, 4) is 6.07 Å². The van der Waals surface area contributed by atoms with E-state index in [2.05, 4.69) is 15.6 Å². The minimum absolute atomic E-state index is 0.111. The van der Waals surface area contributed by atoms with Gasteiger partial charge >= 0.3 is 0 Å². The van der Waals surface area contributed by atoms with Crippen LogP contribution < -0.4 is 10.6 Å². The number of hydrogen-bond acceptors (Lipinski definition) is 4. The lowest BCUT2D eigenvalue weighted by Gasteiger charge is -2.04. The van der Waals surface area contributed by atoms with E-state index < -0.39 is 0 Å². The molecule has 1 amide bonds. The van der Waals surface area contributed by atoms with Crippen molar-refractivity contribution in [2.75, 3.05) is 18.9 Å². The van der Waals surface area contributed by atoms with E-state index in [1.165, 1.54) is 6.20 Å². The normalized spacial score (nSPS) is 8.86. The van der Waals surface area contributed by atoms with E-state index in [0.717, 1.165) is 0 Å². The fraction of sp³-hybridized carbons (Fsp3) is 0.222. The predicted octanol–water partition coefficient (Wildman–Crippen LogP) is 0.111. The Labute approximate surface area is 81.8 Å². The van der Waals surface area contributed by atoms with Crippen LogP contribution >= 0.6 is 0 Å². The van der Waals surface area contributed by atoms with Crippen LogP contribution in [-0.2, 0) is 4.79 Å². The van der Waals surface area contributed by atoms with Crippen molar-refractivity contribution in [2.45, 2.75) is 0 Å². The quantitative estimate of drug-likeness (QED) is 0.709. The maximum Gasteiger partial charge on any atom is 0.239 e. The van der Waals surface area contributed by atoms with Crippen LogP contribution in [0.2, 0.25) is 0 Å². The fourth-order valence-electron chi connectivity index (χ4n) is 0.872. The number of amides is 1. The highest BCUT2D eigenvalue weighted by Gasteiger charge is 1.98. The molecule has 0 atom stereocenters. The average molecular weight is 190 g/mol. The molecule has 0 aliphatic heterocycles. The third kappa shape index (κ3) is 2.75. The van der Waals surface area contributed by atoms with E-state index in [1.807, 2.05) is 6.07 Å². The topological polar surface area (TPSA) is 77.8 Å². The van der Waals surface area contributed by atoms with Gasteiger partial charge in [-0.3, -0.25) is 4.79 Å². The molecule has 0 fully saturated rings. The molecule has 5 nitrogen and oxygen atoms in total. The van der Waals surface area contributed by atoms with Crippen LogP contribution in [0.5, 0.6) is 0 Å². The second kappa shape index (κ2) is 4.82. The molecule has 0 unspecified atom stereocenters. The van der Waals surface area contributed by atoms with Crippen molar-refractivity contribution in [3.63, 3.8) is 0 Å². The van der Waals surface area contributed by atoms with Gasteiger partial charge < -0.3 is 10.6 Å². The lowest BCUT2D eigenvalue weighted by atomic mass is 10.3. The lowest BCUT2D eigenvalue weighted by Crippen LogP contribution is -2.26. The fourth-order valence-corrected chi connectivity index (χ4v) is 0.872. The Morgan fingerprint density at radius 3 is 3.14 bits per heavy atom. The summed E-state index contributed by atoms with van der Waals surface area (Å²) < 4.78 is 0. The summed E-state index contributed by atoms with van der Waals surface area (Å²) in [7, 11) is 1.57. The summed E-state index contributed by atoms with van der Waals surface area (Å²) in [6, 6.07) is 5.20. The largest absolute Gasteiger partial charge is 0.376 e. The zero-order chi connectivity index (χ0) is 10.4. The molecule has 0 aromatic carbocycles. The number of nitrogens with zero attached hydrogens (tertiary/aromatic N) is 2. The van der Waals surface area contributed by atoms with Gasteiger partial charge in [-0.1, -0.05) is 0 Å². The van der Waals surface area contributed by atoms with Crippen molar-refractivity contribution in [1.82, 2.24) is 10.3 Å². The number of rotatable bonds is 3. The molecule has 0 bridgehead atoms. The Morgan fingerprint density at radius 2 is 2.50 bits per heavy atom. The van der Waals surface area contributed by atoms with Crippen molar-refractivity contribution in [2.24, 2.45) is 0 Å². The second-order valence-corrected chi connectivity index (χ2v) is 2.57. The van der Waals surface area contributed by atoms with Crippen LogP contribution in [0.4, 0.5) is 5.69 Å². The molecule has 0 spiro atoms. The maximum absolute atomic E-state index is 10.9. The first-order chi connectivity index (χ1) is 6.76. The Morgan fingerprint density at radius 1 is 1.71 bits per heavy atom. The van der Waals surface area contributed by atoms with Crippen molar-refractivity contribution in [1.29, 1.82) is 5.26 Å². The minimum atomic E-state index is -0.111. The smallest absolute Gasteiger partial charge is 0.239 e. The van der Waals surface area contributed by atoms with Crippen LogP contribution in [0.25, 0.3) is 0 Å². The zero-order valence-corrected chi connectivity index (χ0v) is 7.74. The van der Waals surface area contributed by atoms with Crippen LogP contribution in [0.15, 0.2) is 18.3 Å². The standard InChI is InChI=1S/C9H10N4O/c1-11-9(14)6-13-7-2-3-12-8(4-7)5-10/h2-4H,6H2,1H3,(H,11,14)(H,12,13). The van der Waals surface area contributed by atoms with Gasteiger partial charge in [-0.25, -0.2) is 4.98 Å². The highest BCUT2D eigenvalue weighted by molar-refractivity contribution is 5.80. The van der Waals surface area contributed by atoms with Gasteiger partial charge in [0.1, 0.15) is 11.8 Å². The summed E-state index contributed by atoms with van der Waals surface area (Å²) in [4.78, 5) is 14.7. The van der Waals surface area contributed by atoms with Gasteiger partial charge in [0.25, 0.3) is 0 Å². The molecule has 0 saturated carbocycles. The van der Waals surface area contributed by atoms with E-state index in [4.69, 9.17) is 5.26 Å². The molecule has 0 aliphatic rings. The number of anilines is 1. The van der Waals surface area contributed by atoms with Crippen molar-refractivity contribution in [3.05, 3.63) is 24.0 Å². The number of carbonyl (C=O) groups excluding carboxylic acids is 1. The van der Waals surface area contributed by atoms with E-state index in [-0.39, 0.29) is 12.5 Å². The monoisotopic (exact) mass is 190 g/mol. The first-order valence-electron chi connectivity index (χ1n) is 4.07. The Hall–Kier alpha value is -2.09. The first-order valence-corrected chi connectivity index (χ1v) is 4.07. The number of nitrogens with one attached hydrogen (secondary N) is 2. The van der Waals surface area contributed by atoms with Gasteiger partial charge in [0.2, 0.25) is 5.91 Å². The zero-order valence-electron chi connectivity index (χ0n) is 7.74. The number of pyridine rings is 1. The van der Waals surface area contributed by atoms with Crippen LogP contribution in [-0.4, -0.2) is 24.5 Å². The molecule has 0 saturated heterocycles. The summed E-state index contributed by atoms with van der Waals surface area (Å²) >= 11 is 0. The Bertz CT molecular complexity index is 369. The Balaban J connectivity index is 2.60. The summed E-state index contributed by atoms with van der Waals surface area (Å²) in [6.45, 7) is 0.186. The van der Waals surface area contributed by atoms with Gasteiger partial charge in [-0.2, -0.15) is 5.26 Å². The van der Waals surface area contributed by atoms with E-state index in [1.54, 1.807) is 19.2 Å². The van der Waals surface area contributed by atoms with Crippen LogP contribution in [0.1, 0.15) is 5.69 Å². The van der Waals surface area contributed by atoms with Gasteiger partial charge in [0.15, 0.2) is 0 Å². The van der Waals surface area contributed by atoms with E-state index >= 15 is 0 Å². The average Bonchev–Trinajstić information content (AvgIpc) is 2.26. The van der Waals surface area contributed by atoms with Gasteiger partial charge in [0.05, 0.1) is 6.54 Å². The third-order valence-corrected chi connectivity index (χ3v) is 1.61. The molecular formula is C9H10N4O. The summed E-state index contributed by atoms with van der Waals surface area (Å²) in [5.41, 5.74) is 1.03. The molecule has 0 radical (unpaired) electrons. The number of nitriles is 1. The number of likely N-dealkylation sites (N-methyl/N-ethyl adjacent to an activating group) is 1. The molecular weight excluding hydrogens is 180 g/mol. The molecule has 1 heterocycles. The van der Waals surface area contributed by atoms with E-state index in [9.17, 15) is 4.79 Å². The van der Waals surface area contributed by atoms with Gasteiger partial charge in [0, 0.05) is 18.9 Å². The number of aromatic nitrogens is 1. The van der Waals surface area contributed by atoms with Crippen molar-refractivity contribution >= 4 is 11.6 Å². The lowest BCUT2D eigenvalue weighted by molar-refractivity contribution is -0.118. The van der Waals surface area contributed by atoms with Gasteiger partial charge in [-0.05, 0) is 12.1 Å². The SMILES string of the molecule is CNC(=O)CNc1ccnc(C#N)c1. The summed E-state index contributed by atoms with van der Waals surface area (Å²) in [6.07, 6.45) is 1.52. The second-order valence-electron chi connectivity index (χ2n) is 2.57. The molecule has 0 aliphatic carbocycles. The molecule has 1 rings (SSSR count). The molecule has 1 aromatic rings. The van der Waals surface area contributed by atoms with Crippen molar-refractivity contribution < 1.29 is 4.79 Å². The first kappa shape index (κ1) is 9.99. The molecule has 72 valence electrons. The number of hydrogen-bond donors (Lipinski definition) is 2. The third-order valence-electron chi connectivity index (χ3n) is 1.61. The summed E-state index contributed by atoms with van der Waals surface area (Å²) in [5, 5.41) is 13.9. The molecule has 1 aromatic heterocycles. The van der Waals surface area contributed by atoms with Crippen LogP contribution in [0, 0.1) is 11.3 Å². The minimum Gasteiger partial charge on any atom is -0.376 e. The molecule has 14 heavy (non-hydrogen) atoms. The molecule has 2 N–H and O–H groups in total. The maximum atomic E-state index is 10.9. The van der Waals surface area contributed by atoms with E-state index in [0.29, 0.717) is 11.4 Å². The van der Waals surface area contributed by atoms with Crippen LogP contribution in [0.3, 0.4) is 0 Å². The highest BCUT2D eigenvalue weighted by atomic mass is 16.1. The summed E-state index contributed by atoms with van der Waals surface area (Å²) in [5.74, 6) is -0.111. The molecule has 5 heteroatoms. The van der Waals surface area contributed by atoms with Gasteiger partial charge in [-0.15, -0.1) is 0 Å². The highest BCUT2D eigenvalue weighted by Crippen LogP contribution is 2.05.